The Kier molecular flexibility index (Phi) is 4.28. The molecule has 134 valence electrons. The van der Waals surface area contributed by atoms with Gasteiger partial charge in [0.25, 0.3) is 0 Å². The van der Waals surface area contributed by atoms with Crippen LogP contribution in [0.25, 0.3) is 0 Å². The molecule has 2 unspecified atom stereocenters. The zero-order valence-corrected chi connectivity index (χ0v) is 14.8. The van der Waals surface area contributed by atoms with Gasteiger partial charge >= 0.3 is 0 Å². The Hall–Kier alpha value is -1.88. The molecule has 1 aliphatic carbocycles. The van der Waals surface area contributed by atoms with Gasteiger partial charge in [0.2, 0.25) is 11.8 Å². The SMILES string of the molecule is CC1CC(NC(=O)[C@@]23CCCC[C@H]2CNC3)C(=O)N1c1ccccc1. The maximum Gasteiger partial charge on any atom is 0.249 e. The van der Waals surface area contributed by atoms with Crippen LogP contribution < -0.4 is 15.5 Å². The van der Waals surface area contributed by atoms with Crippen molar-refractivity contribution in [3.8, 4) is 0 Å². The maximum atomic E-state index is 13.1. The summed E-state index contributed by atoms with van der Waals surface area (Å²) in [5, 5.41) is 6.53. The van der Waals surface area contributed by atoms with E-state index in [1.165, 1.54) is 6.42 Å². The quantitative estimate of drug-likeness (QED) is 0.885. The predicted molar refractivity (Wildman–Crippen MR) is 97.2 cm³/mol. The van der Waals surface area contributed by atoms with E-state index in [4.69, 9.17) is 0 Å². The molecule has 3 fully saturated rings. The van der Waals surface area contributed by atoms with Crippen LogP contribution in [-0.2, 0) is 9.59 Å². The highest BCUT2D eigenvalue weighted by atomic mass is 16.2. The van der Waals surface area contributed by atoms with Gasteiger partial charge in [-0.2, -0.15) is 0 Å². The predicted octanol–water partition coefficient (Wildman–Crippen LogP) is 2.08. The average molecular weight is 341 g/mol. The summed E-state index contributed by atoms with van der Waals surface area (Å²) in [7, 11) is 0. The molecule has 0 aromatic heterocycles. The van der Waals surface area contributed by atoms with Crippen LogP contribution in [0.1, 0.15) is 39.0 Å². The van der Waals surface area contributed by atoms with Crippen LogP contribution in [0, 0.1) is 11.3 Å². The van der Waals surface area contributed by atoms with Gasteiger partial charge < -0.3 is 15.5 Å². The molecule has 25 heavy (non-hydrogen) atoms. The Bertz CT molecular complexity index is 662. The molecule has 0 bridgehead atoms. The van der Waals surface area contributed by atoms with Crippen molar-refractivity contribution < 1.29 is 9.59 Å². The molecular formula is C20H27N3O2. The van der Waals surface area contributed by atoms with Crippen LogP contribution in [0.15, 0.2) is 30.3 Å². The van der Waals surface area contributed by atoms with E-state index in [-0.39, 0.29) is 23.3 Å². The number of carbonyl (C=O) groups is 2. The summed E-state index contributed by atoms with van der Waals surface area (Å²) in [5.74, 6) is 0.518. The Morgan fingerprint density at radius 1 is 1.28 bits per heavy atom. The van der Waals surface area contributed by atoms with Crippen molar-refractivity contribution in [1.29, 1.82) is 0 Å². The number of anilines is 1. The minimum absolute atomic E-state index is 0.0155. The highest BCUT2D eigenvalue weighted by Crippen LogP contribution is 2.44. The summed E-state index contributed by atoms with van der Waals surface area (Å²) in [6, 6.07) is 9.43. The van der Waals surface area contributed by atoms with Crippen LogP contribution in [0.5, 0.6) is 0 Å². The highest BCUT2D eigenvalue weighted by molar-refractivity contribution is 6.02. The van der Waals surface area contributed by atoms with Crippen LogP contribution in [-0.4, -0.2) is 37.0 Å². The second kappa shape index (κ2) is 6.45. The number of para-hydroxylation sites is 1. The minimum Gasteiger partial charge on any atom is -0.344 e. The first-order valence-electron chi connectivity index (χ1n) is 9.51. The summed E-state index contributed by atoms with van der Waals surface area (Å²) in [5.41, 5.74) is 0.607. The van der Waals surface area contributed by atoms with Crippen molar-refractivity contribution in [1.82, 2.24) is 10.6 Å². The molecular weight excluding hydrogens is 314 g/mol. The highest BCUT2D eigenvalue weighted by Gasteiger charge is 2.51. The Morgan fingerprint density at radius 3 is 2.88 bits per heavy atom. The fourth-order valence-electron chi connectivity index (χ4n) is 5.02. The third kappa shape index (κ3) is 2.74. The minimum atomic E-state index is -0.403. The summed E-state index contributed by atoms with van der Waals surface area (Å²) in [6.45, 7) is 3.73. The van der Waals surface area contributed by atoms with E-state index >= 15 is 0 Å². The Morgan fingerprint density at radius 2 is 2.08 bits per heavy atom. The fraction of sp³-hybridized carbons (Fsp3) is 0.600. The lowest BCUT2D eigenvalue weighted by atomic mass is 9.67. The van der Waals surface area contributed by atoms with Gasteiger partial charge in [0, 0.05) is 18.3 Å². The van der Waals surface area contributed by atoms with Gasteiger partial charge in [0.15, 0.2) is 0 Å². The smallest absolute Gasteiger partial charge is 0.249 e. The molecule has 3 aliphatic rings. The zero-order valence-electron chi connectivity index (χ0n) is 14.8. The molecule has 2 saturated heterocycles. The fourth-order valence-corrected chi connectivity index (χ4v) is 5.02. The van der Waals surface area contributed by atoms with Gasteiger partial charge in [0.05, 0.1) is 5.41 Å². The molecule has 5 nitrogen and oxygen atoms in total. The Labute approximate surface area is 149 Å². The Balaban J connectivity index is 1.50. The van der Waals surface area contributed by atoms with E-state index in [9.17, 15) is 9.59 Å². The van der Waals surface area contributed by atoms with E-state index in [2.05, 4.69) is 17.6 Å². The second-order valence-electron chi connectivity index (χ2n) is 7.88. The molecule has 0 spiro atoms. The largest absolute Gasteiger partial charge is 0.344 e. The van der Waals surface area contributed by atoms with E-state index < -0.39 is 6.04 Å². The van der Waals surface area contributed by atoms with Gasteiger partial charge in [-0.25, -0.2) is 0 Å². The van der Waals surface area contributed by atoms with E-state index in [1.54, 1.807) is 0 Å². The van der Waals surface area contributed by atoms with E-state index in [1.807, 2.05) is 35.2 Å². The number of rotatable bonds is 3. The first-order chi connectivity index (χ1) is 12.1. The van der Waals surface area contributed by atoms with Crippen molar-refractivity contribution in [3.63, 3.8) is 0 Å². The molecule has 0 radical (unpaired) electrons. The normalized spacial score (nSPS) is 34.8. The number of benzene rings is 1. The number of carbonyl (C=O) groups excluding carboxylic acids is 2. The van der Waals surface area contributed by atoms with Crippen molar-refractivity contribution >= 4 is 17.5 Å². The summed E-state index contributed by atoms with van der Waals surface area (Å²) >= 11 is 0. The summed E-state index contributed by atoms with van der Waals surface area (Å²) in [4.78, 5) is 27.9. The van der Waals surface area contributed by atoms with Crippen molar-refractivity contribution in [2.24, 2.45) is 11.3 Å². The van der Waals surface area contributed by atoms with Crippen molar-refractivity contribution in [2.45, 2.75) is 51.1 Å². The topological polar surface area (TPSA) is 61.4 Å². The summed E-state index contributed by atoms with van der Waals surface area (Å²) < 4.78 is 0. The number of hydrogen-bond donors (Lipinski definition) is 2. The molecule has 1 aromatic rings. The van der Waals surface area contributed by atoms with Gasteiger partial charge in [-0.1, -0.05) is 31.0 Å². The van der Waals surface area contributed by atoms with Gasteiger partial charge in [-0.15, -0.1) is 0 Å². The van der Waals surface area contributed by atoms with E-state index in [0.717, 1.165) is 38.0 Å². The van der Waals surface area contributed by atoms with Crippen LogP contribution in [0.2, 0.25) is 0 Å². The number of hydrogen-bond acceptors (Lipinski definition) is 3. The van der Waals surface area contributed by atoms with Crippen molar-refractivity contribution in [3.05, 3.63) is 30.3 Å². The molecule has 1 aromatic carbocycles. The summed E-state index contributed by atoms with van der Waals surface area (Å²) in [6.07, 6.45) is 5.05. The number of amides is 2. The lowest BCUT2D eigenvalue weighted by molar-refractivity contribution is -0.136. The monoisotopic (exact) mass is 341 g/mol. The maximum absolute atomic E-state index is 13.1. The molecule has 2 aliphatic heterocycles. The van der Waals surface area contributed by atoms with Gasteiger partial charge in [-0.3, -0.25) is 9.59 Å². The van der Waals surface area contributed by atoms with Gasteiger partial charge in [0.1, 0.15) is 6.04 Å². The average Bonchev–Trinajstić information content (AvgIpc) is 3.18. The zero-order chi connectivity index (χ0) is 17.4. The van der Waals surface area contributed by atoms with Crippen LogP contribution >= 0.6 is 0 Å². The second-order valence-corrected chi connectivity index (χ2v) is 7.88. The molecule has 4 rings (SSSR count). The number of nitrogens with one attached hydrogen (secondary N) is 2. The molecule has 1 saturated carbocycles. The van der Waals surface area contributed by atoms with E-state index in [0.29, 0.717) is 12.3 Å². The first kappa shape index (κ1) is 16.6. The molecule has 4 atom stereocenters. The standard InChI is InChI=1S/C20H27N3O2/c1-14-11-17(18(24)23(14)16-8-3-2-4-9-16)22-19(25)20-10-6-5-7-15(20)12-21-13-20/h2-4,8-9,14-15,17,21H,5-7,10-13H2,1H3,(H,22,25)/t14?,15-,17?,20+/m0/s1. The molecule has 2 N–H and O–H groups in total. The molecule has 2 heterocycles. The molecule has 5 heteroatoms. The number of nitrogens with zero attached hydrogens (tertiary/aromatic N) is 1. The lowest BCUT2D eigenvalue weighted by Crippen LogP contribution is -2.52. The van der Waals surface area contributed by atoms with Crippen molar-refractivity contribution in [2.75, 3.05) is 18.0 Å². The van der Waals surface area contributed by atoms with Crippen LogP contribution in [0.4, 0.5) is 5.69 Å². The number of fused-ring (bicyclic) bond motifs is 1. The third-order valence-corrected chi connectivity index (χ3v) is 6.38. The lowest BCUT2D eigenvalue weighted by Gasteiger charge is -2.37. The third-order valence-electron chi connectivity index (χ3n) is 6.38. The van der Waals surface area contributed by atoms with Gasteiger partial charge in [-0.05, 0) is 50.8 Å². The first-order valence-corrected chi connectivity index (χ1v) is 9.51. The van der Waals surface area contributed by atoms with Crippen LogP contribution in [0.3, 0.4) is 0 Å². The molecule has 2 amide bonds.